The Morgan fingerprint density at radius 1 is 0.765 bits per heavy atom. The van der Waals surface area contributed by atoms with Crippen molar-refractivity contribution < 1.29 is 0 Å². The van der Waals surface area contributed by atoms with Gasteiger partial charge in [-0.2, -0.15) is 0 Å². The molecule has 17 heavy (non-hydrogen) atoms. The van der Waals surface area contributed by atoms with Crippen molar-refractivity contribution in [3.05, 3.63) is 71.8 Å². The molecule has 0 spiro atoms. The van der Waals surface area contributed by atoms with E-state index in [0.717, 1.165) is 5.56 Å². The lowest BCUT2D eigenvalue weighted by Gasteiger charge is -2.23. The summed E-state index contributed by atoms with van der Waals surface area (Å²) < 4.78 is 0. The third kappa shape index (κ3) is 2.73. The minimum atomic E-state index is -0.0522. The highest BCUT2D eigenvalue weighted by atomic mass is 14.7. The predicted octanol–water partition coefficient (Wildman–Crippen LogP) is 2.43. The van der Waals surface area contributed by atoms with Crippen LogP contribution in [-0.4, -0.2) is 6.54 Å². The quantitative estimate of drug-likeness (QED) is 0.841. The lowest BCUT2D eigenvalue weighted by atomic mass is 9.88. The Kier molecular flexibility index (Phi) is 3.91. The maximum absolute atomic E-state index is 6.30. The molecular weight excluding hydrogens is 208 g/mol. The molecule has 0 amide bonds. The summed E-state index contributed by atoms with van der Waals surface area (Å²) >= 11 is 0. The maximum Gasteiger partial charge on any atom is 0.0376 e. The zero-order chi connectivity index (χ0) is 12.1. The average Bonchev–Trinajstić information content (AvgIpc) is 2.42. The fourth-order valence-electron chi connectivity index (χ4n) is 2.10. The average molecular weight is 226 g/mol. The van der Waals surface area contributed by atoms with E-state index in [1.54, 1.807) is 0 Å². The Morgan fingerprint density at radius 2 is 1.24 bits per heavy atom. The number of nitrogens with two attached hydrogens (primary N) is 2. The van der Waals surface area contributed by atoms with E-state index in [-0.39, 0.29) is 12.0 Å². The predicted molar refractivity (Wildman–Crippen MR) is 71.6 cm³/mol. The standard InChI is InChI=1S/C15H18N2/c16-11-14(12-7-3-1-4-8-12)15(17)13-9-5-2-6-10-13/h1-10,14-15H,11,16-17H2/t14-,15+/m0/s1. The van der Waals surface area contributed by atoms with Crippen LogP contribution >= 0.6 is 0 Å². The van der Waals surface area contributed by atoms with Gasteiger partial charge in [-0.15, -0.1) is 0 Å². The van der Waals surface area contributed by atoms with Crippen molar-refractivity contribution >= 4 is 0 Å². The fourth-order valence-corrected chi connectivity index (χ4v) is 2.10. The summed E-state index contributed by atoms with van der Waals surface area (Å²) in [5.41, 5.74) is 14.5. The molecule has 0 aliphatic carbocycles. The molecule has 0 saturated heterocycles. The minimum Gasteiger partial charge on any atom is -0.330 e. The van der Waals surface area contributed by atoms with Crippen LogP contribution in [0.25, 0.3) is 0 Å². The monoisotopic (exact) mass is 226 g/mol. The van der Waals surface area contributed by atoms with E-state index >= 15 is 0 Å². The summed E-state index contributed by atoms with van der Waals surface area (Å²) in [5.74, 6) is 0.165. The minimum absolute atomic E-state index is 0.0522. The van der Waals surface area contributed by atoms with Crippen molar-refractivity contribution in [3.63, 3.8) is 0 Å². The number of rotatable bonds is 4. The molecule has 0 saturated carbocycles. The molecule has 0 heterocycles. The Morgan fingerprint density at radius 3 is 1.71 bits per heavy atom. The highest BCUT2D eigenvalue weighted by Gasteiger charge is 2.19. The van der Waals surface area contributed by atoms with Gasteiger partial charge < -0.3 is 11.5 Å². The molecule has 88 valence electrons. The number of hydrogen-bond acceptors (Lipinski definition) is 2. The van der Waals surface area contributed by atoms with Gasteiger partial charge in [-0.25, -0.2) is 0 Å². The second-order valence-corrected chi connectivity index (χ2v) is 4.19. The van der Waals surface area contributed by atoms with Crippen LogP contribution in [0.4, 0.5) is 0 Å². The Labute approximate surface area is 102 Å². The molecule has 0 unspecified atom stereocenters. The zero-order valence-corrected chi connectivity index (χ0v) is 9.79. The molecule has 0 aliphatic heterocycles. The van der Waals surface area contributed by atoms with Gasteiger partial charge in [0.05, 0.1) is 0 Å². The first kappa shape index (κ1) is 11.8. The van der Waals surface area contributed by atoms with Crippen LogP contribution < -0.4 is 11.5 Å². The highest BCUT2D eigenvalue weighted by molar-refractivity contribution is 5.27. The second kappa shape index (κ2) is 5.62. The zero-order valence-electron chi connectivity index (χ0n) is 9.79. The van der Waals surface area contributed by atoms with E-state index in [9.17, 15) is 0 Å². The largest absolute Gasteiger partial charge is 0.330 e. The van der Waals surface area contributed by atoms with Gasteiger partial charge >= 0.3 is 0 Å². The van der Waals surface area contributed by atoms with Gasteiger partial charge in [0, 0.05) is 18.5 Å². The van der Waals surface area contributed by atoms with Crippen LogP contribution in [0.2, 0.25) is 0 Å². The van der Waals surface area contributed by atoms with Crippen molar-refractivity contribution in [1.82, 2.24) is 0 Å². The molecule has 0 aromatic heterocycles. The van der Waals surface area contributed by atoms with Gasteiger partial charge in [0.1, 0.15) is 0 Å². The van der Waals surface area contributed by atoms with E-state index in [0.29, 0.717) is 6.54 Å². The summed E-state index contributed by atoms with van der Waals surface area (Å²) in [5, 5.41) is 0. The van der Waals surface area contributed by atoms with Crippen molar-refractivity contribution in [2.75, 3.05) is 6.54 Å². The molecule has 2 nitrogen and oxygen atoms in total. The van der Waals surface area contributed by atoms with Crippen LogP contribution in [0.5, 0.6) is 0 Å². The summed E-state index contributed by atoms with van der Waals surface area (Å²) in [6, 6.07) is 20.3. The SMILES string of the molecule is NC[C@@H](c1ccccc1)[C@H](N)c1ccccc1. The van der Waals surface area contributed by atoms with Crippen LogP contribution in [0.1, 0.15) is 23.1 Å². The number of hydrogen-bond donors (Lipinski definition) is 2. The van der Waals surface area contributed by atoms with E-state index in [4.69, 9.17) is 11.5 Å². The summed E-state index contributed by atoms with van der Waals surface area (Å²) in [6.07, 6.45) is 0. The van der Waals surface area contributed by atoms with Gasteiger partial charge in [-0.05, 0) is 11.1 Å². The molecular formula is C15H18N2. The Bertz CT molecular complexity index is 439. The van der Waals surface area contributed by atoms with Gasteiger partial charge in [-0.1, -0.05) is 60.7 Å². The normalized spacial score (nSPS) is 14.2. The summed E-state index contributed by atoms with van der Waals surface area (Å²) in [4.78, 5) is 0. The van der Waals surface area contributed by atoms with E-state index in [1.165, 1.54) is 5.56 Å². The third-order valence-corrected chi connectivity index (χ3v) is 3.10. The molecule has 2 atom stereocenters. The molecule has 0 aliphatic rings. The summed E-state index contributed by atoms with van der Waals surface area (Å²) in [6.45, 7) is 0.556. The van der Waals surface area contributed by atoms with Crippen LogP contribution in [0.15, 0.2) is 60.7 Å². The van der Waals surface area contributed by atoms with Crippen LogP contribution in [-0.2, 0) is 0 Å². The van der Waals surface area contributed by atoms with Crippen LogP contribution in [0, 0.1) is 0 Å². The lowest BCUT2D eigenvalue weighted by Crippen LogP contribution is -2.26. The second-order valence-electron chi connectivity index (χ2n) is 4.19. The van der Waals surface area contributed by atoms with Gasteiger partial charge in [-0.3, -0.25) is 0 Å². The van der Waals surface area contributed by atoms with E-state index < -0.39 is 0 Å². The first-order chi connectivity index (χ1) is 8.33. The summed E-state index contributed by atoms with van der Waals surface area (Å²) in [7, 11) is 0. The first-order valence-electron chi connectivity index (χ1n) is 5.88. The molecule has 2 aromatic carbocycles. The lowest BCUT2D eigenvalue weighted by molar-refractivity contribution is 0.563. The van der Waals surface area contributed by atoms with E-state index in [2.05, 4.69) is 24.3 Å². The highest BCUT2D eigenvalue weighted by Crippen LogP contribution is 2.27. The smallest absolute Gasteiger partial charge is 0.0376 e. The van der Waals surface area contributed by atoms with Crippen molar-refractivity contribution in [2.45, 2.75) is 12.0 Å². The fraction of sp³-hybridized carbons (Fsp3) is 0.200. The number of benzene rings is 2. The molecule has 2 rings (SSSR count). The molecule has 2 aromatic rings. The van der Waals surface area contributed by atoms with Gasteiger partial charge in [0.25, 0.3) is 0 Å². The molecule has 0 radical (unpaired) electrons. The Hall–Kier alpha value is -1.64. The maximum atomic E-state index is 6.30. The molecule has 0 fully saturated rings. The Balaban J connectivity index is 2.25. The molecule has 2 heteroatoms. The van der Waals surface area contributed by atoms with E-state index in [1.807, 2.05) is 36.4 Å². The first-order valence-corrected chi connectivity index (χ1v) is 5.88. The van der Waals surface area contributed by atoms with Crippen LogP contribution in [0.3, 0.4) is 0 Å². The molecule has 0 bridgehead atoms. The van der Waals surface area contributed by atoms with Crippen molar-refractivity contribution in [1.29, 1.82) is 0 Å². The van der Waals surface area contributed by atoms with Crippen molar-refractivity contribution in [2.24, 2.45) is 11.5 Å². The van der Waals surface area contributed by atoms with Gasteiger partial charge in [0.2, 0.25) is 0 Å². The van der Waals surface area contributed by atoms with Crippen molar-refractivity contribution in [3.8, 4) is 0 Å². The third-order valence-electron chi connectivity index (χ3n) is 3.10. The topological polar surface area (TPSA) is 52.0 Å². The molecule has 4 N–H and O–H groups in total. The van der Waals surface area contributed by atoms with Gasteiger partial charge in [0.15, 0.2) is 0 Å².